The third-order valence-corrected chi connectivity index (χ3v) is 4.33. The van der Waals surface area contributed by atoms with E-state index in [1.807, 2.05) is 38.1 Å². The molecule has 0 atom stereocenters. The topological polar surface area (TPSA) is 78.0 Å². The quantitative estimate of drug-likeness (QED) is 0.565. The Kier molecular flexibility index (Phi) is 3.73. The van der Waals surface area contributed by atoms with Crippen molar-refractivity contribution in [2.45, 2.75) is 26.8 Å². The summed E-state index contributed by atoms with van der Waals surface area (Å²) < 4.78 is 3.12. The number of benzene rings is 1. The van der Waals surface area contributed by atoms with Crippen LogP contribution in [0.25, 0.3) is 27.9 Å². The first-order chi connectivity index (χ1) is 12.1. The summed E-state index contributed by atoms with van der Waals surface area (Å²) in [7, 11) is 0. The molecule has 8 heteroatoms. The highest BCUT2D eigenvalue weighted by molar-refractivity contribution is 6.30. The van der Waals surface area contributed by atoms with Crippen molar-refractivity contribution >= 4 is 28.4 Å². The molecule has 0 aliphatic rings. The summed E-state index contributed by atoms with van der Waals surface area (Å²) in [5, 5.41) is 13.6. The molecule has 4 aromatic rings. The van der Waals surface area contributed by atoms with E-state index in [9.17, 15) is 4.79 Å². The molecule has 1 aromatic carbocycles. The minimum atomic E-state index is -0.206. The summed E-state index contributed by atoms with van der Waals surface area (Å²) in [5.74, 6) is 0. The van der Waals surface area contributed by atoms with Gasteiger partial charge in [-0.2, -0.15) is 9.61 Å². The van der Waals surface area contributed by atoms with Crippen LogP contribution >= 0.6 is 11.6 Å². The molecule has 3 heterocycles. The molecule has 7 nitrogen and oxygen atoms in total. The Morgan fingerprint density at radius 1 is 1.12 bits per heavy atom. The zero-order valence-corrected chi connectivity index (χ0v) is 14.5. The normalized spacial score (nSPS) is 11.5. The number of hydrogen-bond donors (Lipinski definition) is 0. The number of aromatic nitrogens is 6. The van der Waals surface area contributed by atoms with Crippen molar-refractivity contribution in [3.63, 3.8) is 0 Å². The van der Waals surface area contributed by atoms with Crippen molar-refractivity contribution in [3.05, 3.63) is 51.7 Å². The van der Waals surface area contributed by atoms with Crippen LogP contribution < -0.4 is 5.56 Å². The molecule has 0 amide bonds. The molecule has 4 rings (SSSR count). The van der Waals surface area contributed by atoms with Gasteiger partial charge in [-0.05, 0) is 31.0 Å². The average molecular weight is 355 g/mol. The maximum atomic E-state index is 12.5. The van der Waals surface area contributed by atoms with E-state index >= 15 is 0 Å². The van der Waals surface area contributed by atoms with Crippen molar-refractivity contribution in [1.82, 2.24) is 29.4 Å². The Bertz CT molecular complexity index is 1150. The Balaban J connectivity index is 2.01. The first-order valence-corrected chi connectivity index (χ1v) is 8.35. The standard InChI is InChI=1S/C17H15ClN6O/c1-3-8-23-9-19-16-14(17(23)25)20-21-15-13(10(2)22-24(15)16)11-4-6-12(18)7-5-11/h4-7,9H,3,8H2,1-2H3. The van der Waals surface area contributed by atoms with Crippen LogP contribution in [0.4, 0.5) is 0 Å². The molecule has 0 N–H and O–H groups in total. The zero-order valence-electron chi connectivity index (χ0n) is 13.8. The molecule has 0 unspecified atom stereocenters. The summed E-state index contributed by atoms with van der Waals surface area (Å²) in [4.78, 5) is 16.9. The Hall–Kier alpha value is -2.80. The van der Waals surface area contributed by atoms with E-state index in [0.717, 1.165) is 23.2 Å². The summed E-state index contributed by atoms with van der Waals surface area (Å²) >= 11 is 5.97. The van der Waals surface area contributed by atoms with Gasteiger partial charge in [0.15, 0.2) is 16.8 Å². The van der Waals surface area contributed by atoms with Crippen molar-refractivity contribution in [3.8, 4) is 11.1 Å². The van der Waals surface area contributed by atoms with Crippen LogP contribution in [0.5, 0.6) is 0 Å². The fraction of sp³-hybridized carbons (Fsp3) is 0.235. The maximum Gasteiger partial charge on any atom is 0.283 e. The lowest BCUT2D eigenvalue weighted by Gasteiger charge is -2.05. The summed E-state index contributed by atoms with van der Waals surface area (Å²) in [6.45, 7) is 4.49. The van der Waals surface area contributed by atoms with Gasteiger partial charge in [-0.15, -0.1) is 10.2 Å². The van der Waals surface area contributed by atoms with Gasteiger partial charge < -0.3 is 0 Å². The van der Waals surface area contributed by atoms with Crippen LogP contribution in [0.2, 0.25) is 5.02 Å². The molecule has 0 aliphatic heterocycles. The molecule has 3 aromatic heterocycles. The van der Waals surface area contributed by atoms with Crippen LogP contribution in [0.15, 0.2) is 35.4 Å². The summed E-state index contributed by atoms with van der Waals surface area (Å²) in [6.07, 6.45) is 2.37. The number of halogens is 1. The first-order valence-electron chi connectivity index (χ1n) is 7.97. The van der Waals surface area contributed by atoms with E-state index in [2.05, 4.69) is 20.3 Å². The molecule has 25 heavy (non-hydrogen) atoms. The van der Waals surface area contributed by atoms with Crippen LogP contribution in [0.3, 0.4) is 0 Å². The largest absolute Gasteiger partial charge is 0.297 e. The lowest BCUT2D eigenvalue weighted by Crippen LogP contribution is -2.22. The number of fused-ring (bicyclic) bond motifs is 3. The van der Waals surface area contributed by atoms with Crippen molar-refractivity contribution in [2.75, 3.05) is 0 Å². The second-order valence-electron chi connectivity index (χ2n) is 5.82. The Labute approximate surface area is 147 Å². The SMILES string of the molecule is CCCn1cnc2c(nnc3c(-c4ccc(Cl)cc4)c(C)nn32)c1=O. The van der Waals surface area contributed by atoms with Gasteiger partial charge in [0, 0.05) is 11.6 Å². The van der Waals surface area contributed by atoms with Gasteiger partial charge in [0.25, 0.3) is 5.56 Å². The number of hydrogen-bond acceptors (Lipinski definition) is 5. The van der Waals surface area contributed by atoms with E-state index in [0.29, 0.717) is 22.9 Å². The van der Waals surface area contributed by atoms with Crippen molar-refractivity contribution in [1.29, 1.82) is 0 Å². The summed E-state index contributed by atoms with van der Waals surface area (Å²) in [6, 6.07) is 7.45. The van der Waals surface area contributed by atoms with Gasteiger partial charge in [-0.1, -0.05) is 30.7 Å². The molecule has 0 fully saturated rings. The molecule has 0 saturated carbocycles. The lowest BCUT2D eigenvalue weighted by atomic mass is 10.1. The van der Waals surface area contributed by atoms with E-state index in [-0.39, 0.29) is 11.1 Å². The number of aryl methyl sites for hydroxylation is 2. The third-order valence-electron chi connectivity index (χ3n) is 4.07. The van der Waals surface area contributed by atoms with Gasteiger partial charge in [-0.25, -0.2) is 4.98 Å². The minimum Gasteiger partial charge on any atom is -0.297 e. The van der Waals surface area contributed by atoms with Crippen molar-refractivity contribution < 1.29 is 0 Å². The van der Waals surface area contributed by atoms with E-state index in [1.165, 1.54) is 6.33 Å². The highest BCUT2D eigenvalue weighted by Crippen LogP contribution is 2.28. The fourth-order valence-corrected chi connectivity index (χ4v) is 3.05. The second kappa shape index (κ2) is 5.93. The Morgan fingerprint density at radius 2 is 1.88 bits per heavy atom. The Morgan fingerprint density at radius 3 is 2.60 bits per heavy atom. The molecule has 0 bridgehead atoms. The van der Waals surface area contributed by atoms with Gasteiger partial charge >= 0.3 is 0 Å². The third kappa shape index (κ3) is 2.47. The number of rotatable bonds is 3. The predicted octanol–water partition coefficient (Wildman–Crippen LogP) is 2.87. The molecular weight excluding hydrogens is 340 g/mol. The van der Waals surface area contributed by atoms with Crippen LogP contribution in [-0.4, -0.2) is 29.4 Å². The van der Waals surface area contributed by atoms with Crippen LogP contribution in [-0.2, 0) is 6.54 Å². The van der Waals surface area contributed by atoms with E-state index in [4.69, 9.17) is 11.6 Å². The van der Waals surface area contributed by atoms with E-state index in [1.54, 1.807) is 9.08 Å². The summed E-state index contributed by atoms with van der Waals surface area (Å²) in [5.41, 5.74) is 3.55. The highest BCUT2D eigenvalue weighted by Gasteiger charge is 2.18. The molecule has 126 valence electrons. The lowest BCUT2D eigenvalue weighted by molar-refractivity contribution is 0.643. The monoisotopic (exact) mass is 354 g/mol. The smallest absolute Gasteiger partial charge is 0.283 e. The first kappa shape index (κ1) is 15.7. The maximum absolute atomic E-state index is 12.5. The molecule has 0 spiro atoms. The fourth-order valence-electron chi connectivity index (χ4n) is 2.92. The zero-order chi connectivity index (χ0) is 17.6. The molecule has 0 saturated heterocycles. The second-order valence-corrected chi connectivity index (χ2v) is 6.25. The van der Waals surface area contributed by atoms with Gasteiger partial charge in [0.1, 0.15) is 6.33 Å². The predicted molar refractivity (Wildman–Crippen MR) is 95.8 cm³/mol. The average Bonchev–Trinajstić information content (AvgIpc) is 2.94. The minimum absolute atomic E-state index is 0.206. The van der Waals surface area contributed by atoms with Gasteiger partial charge in [-0.3, -0.25) is 9.36 Å². The van der Waals surface area contributed by atoms with E-state index < -0.39 is 0 Å². The highest BCUT2D eigenvalue weighted by atomic mass is 35.5. The van der Waals surface area contributed by atoms with Crippen molar-refractivity contribution in [2.24, 2.45) is 0 Å². The van der Waals surface area contributed by atoms with Gasteiger partial charge in [0.2, 0.25) is 0 Å². The molecular formula is C17H15ClN6O. The van der Waals surface area contributed by atoms with Gasteiger partial charge in [0.05, 0.1) is 11.3 Å². The molecule has 0 aliphatic carbocycles. The number of nitrogens with zero attached hydrogens (tertiary/aromatic N) is 6. The van der Waals surface area contributed by atoms with Crippen LogP contribution in [0, 0.1) is 6.92 Å². The van der Waals surface area contributed by atoms with Crippen LogP contribution in [0.1, 0.15) is 19.0 Å². The molecule has 0 radical (unpaired) electrons.